The maximum Gasteiger partial charge on any atom is 0.259 e. The Bertz CT molecular complexity index is 1030. The average molecular weight is 398 g/mol. The normalized spacial score (nSPS) is 10.2. The average Bonchev–Trinajstić information content (AvgIpc) is 2.68. The van der Waals surface area contributed by atoms with Crippen molar-refractivity contribution in [1.29, 1.82) is 0 Å². The van der Waals surface area contributed by atoms with Crippen LogP contribution in [0.25, 0.3) is 11.5 Å². The van der Waals surface area contributed by atoms with Gasteiger partial charge in [-0.05, 0) is 30.3 Å². The molecule has 0 unspecified atom stereocenters. The molecule has 0 saturated carbocycles. The van der Waals surface area contributed by atoms with Crippen LogP contribution in [0.15, 0.2) is 42.6 Å². The summed E-state index contributed by atoms with van der Waals surface area (Å²) in [5.74, 6) is -0.105. The van der Waals surface area contributed by atoms with Crippen LogP contribution in [-0.4, -0.2) is 38.8 Å². The molecule has 0 atom stereocenters. The Morgan fingerprint density at radius 3 is 2.43 bits per heavy atom. The first-order valence-electron chi connectivity index (χ1n) is 8.20. The zero-order valence-corrected chi connectivity index (χ0v) is 15.8. The van der Waals surface area contributed by atoms with Gasteiger partial charge in [0.25, 0.3) is 5.91 Å². The van der Waals surface area contributed by atoms with Crippen LogP contribution in [0.4, 0.5) is 17.6 Å². The number of amides is 2. The fourth-order valence-corrected chi connectivity index (χ4v) is 2.57. The molecule has 3 N–H and O–H groups in total. The molecule has 9 nitrogen and oxygen atoms in total. The molecule has 142 valence electrons. The van der Waals surface area contributed by atoms with Gasteiger partial charge in [-0.2, -0.15) is 15.0 Å². The molecule has 28 heavy (non-hydrogen) atoms. The molecule has 10 heteroatoms. The lowest BCUT2D eigenvalue weighted by Gasteiger charge is -2.09. The van der Waals surface area contributed by atoms with Crippen molar-refractivity contribution >= 4 is 41.0 Å². The summed E-state index contributed by atoms with van der Waals surface area (Å²) in [5.41, 5.74) is 1.24. The standard InChI is InChI=1S/C18H16ClN7O2/c1-10(27)22-11-6-7-12(13(19)9-11)16(28)25-18-24-15(23-17(20-2)26-18)14-5-3-4-8-21-14/h3-9H,1-2H3,(H,22,27)(H2,20,23,24,25,26,28). The number of pyridine rings is 1. The van der Waals surface area contributed by atoms with Gasteiger partial charge in [0, 0.05) is 25.9 Å². The highest BCUT2D eigenvalue weighted by atomic mass is 35.5. The van der Waals surface area contributed by atoms with Gasteiger partial charge >= 0.3 is 0 Å². The molecule has 0 aliphatic heterocycles. The van der Waals surface area contributed by atoms with Gasteiger partial charge in [-0.15, -0.1) is 0 Å². The van der Waals surface area contributed by atoms with Crippen LogP contribution in [-0.2, 0) is 4.79 Å². The Hall–Kier alpha value is -3.59. The summed E-state index contributed by atoms with van der Waals surface area (Å²) in [6.07, 6.45) is 1.62. The molecular weight excluding hydrogens is 382 g/mol. The fraction of sp³-hybridized carbons (Fsp3) is 0.111. The number of halogens is 1. The number of nitrogens with zero attached hydrogens (tertiary/aromatic N) is 4. The molecular formula is C18H16ClN7O2. The molecule has 0 aliphatic rings. The first kappa shape index (κ1) is 19.2. The molecule has 0 fully saturated rings. The second-order valence-corrected chi connectivity index (χ2v) is 6.01. The molecule has 0 radical (unpaired) electrons. The maximum atomic E-state index is 12.6. The molecule has 2 amide bonds. The van der Waals surface area contributed by atoms with Crippen molar-refractivity contribution in [2.75, 3.05) is 23.0 Å². The predicted octanol–water partition coefficient (Wildman–Crippen LogP) is 2.84. The molecule has 1 aromatic carbocycles. The van der Waals surface area contributed by atoms with Gasteiger partial charge in [0.05, 0.1) is 10.6 Å². The minimum atomic E-state index is -0.500. The lowest BCUT2D eigenvalue weighted by atomic mass is 10.2. The van der Waals surface area contributed by atoms with Gasteiger partial charge in [-0.1, -0.05) is 17.7 Å². The van der Waals surface area contributed by atoms with E-state index in [0.29, 0.717) is 17.2 Å². The Balaban J connectivity index is 1.87. The van der Waals surface area contributed by atoms with E-state index >= 15 is 0 Å². The number of nitrogens with one attached hydrogen (secondary N) is 3. The molecule has 0 aliphatic carbocycles. The highest BCUT2D eigenvalue weighted by Gasteiger charge is 2.15. The van der Waals surface area contributed by atoms with E-state index in [1.807, 2.05) is 0 Å². The first-order chi connectivity index (χ1) is 13.5. The van der Waals surface area contributed by atoms with Crippen molar-refractivity contribution < 1.29 is 9.59 Å². The fourth-order valence-electron chi connectivity index (χ4n) is 2.30. The van der Waals surface area contributed by atoms with Crippen LogP contribution < -0.4 is 16.0 Å². The third-order valence-electron chi connectivity index (χ3n) is 3.51. The lowest BCUT2D eigenvalue weighted by molar-refractivity contribution is -0.114. The highest BCUT2D eigenvalue weighted by molar-refractivity contribution is 6.34. The molecule has 2 heterocycles. The first-order valence-corrected chi connectivity index (χ1v) is 8.58. The third-order valence-corrected chi connectivity index (χ3v) is 3.83. The number of hydrogen-bond acceptors (Lipinski definition) is 7. The molecule has 3 aromatic rings. The minimum absolute atomic E-state index is 0.0482. The van der Waals surface area contributed by atoms with E-state index in [9.17, 15) is 9.59 Å². The largest absolute Gasteiger partial charge is 0.357 e. The van der Waals surface area contributed by atoms with E-state index in [1.165, 1.54) is 19.1 Å². The van der Waals surface area contributed by atoms with Crippen molar-refractivity contribution in [2.45, 2.75) is 6.92 Å². The SMILES string of the molecule is CNc1nc(NC(=O)c2ccc(NC(C)=O)cc2Cl)nc(-c2ccccn2)n1. The van der Waals surface area contributed by atoms with E-state index in [2.05, 4.69) is 35.9 Å². The highest BCUT2D eigenvalue weighted by Crippen LogP contribution is 2.22. The summed E-state index contributed by atoms with van der Waals surface area (Å²) < 4.78 is 0. The van der Waals surface area contributed by atoms with Gasteiger partial charge in [0.2, 0.25) is 17.8 Å². The minimum Gasteiger partial charge on any atom is -0.357 e. The van der Waals surface area contributed by atoms with Crippen molar-refractivity contribution in [1.82, 2.24) is 19.9 Å². The van der Waals surface area contributed by atoms with Crippen LogP contribution in [0.2, 0.25) is 5.02 Å². The number of anilines is 3. The topological polar surface area (TPSA) is 122 Å². The van der Waals surface area contributed by atoms with Crippen molar-refractivity contribution in [3.05, 3.63) is 53.2 Å². The van der Waals surface area contributed by atoms with E-state index in [0.717, 1.165) is 0 Å². The number of hydrogen-bond donors (Lipinski definition) is 3. The number of aromatic nitrogens is 4. The smallest absolute Gasteiger partial charge is 0.259 e. The molecule has 0 bridgehead atoms. The van der Waals surface area contributed by atoms with Gasteiger partial charge < -0.3 is 10.6 Å². The summed E-state index contributed by atoms with van der Waals surface area (Å²) >= 11 is 6.17. The number of carbonyl (C=O) groups excluding carboxylic acids is 2. The second-order valence-electron chi connectivity index (χ2n) is 5.60. The summed E-state index contributed by atoms with van der Waals surface area (Å²) in [4.78, 5) is 40.6. The predicted molar refractivity (Wildman–Crippen MR) is 106 cm³/mol. The second kappa shape index (κ2) is 8.40. The number of carbonyl (C=O) groups is 2. The molecule has 2 aromatic heterocycles. The van der Waals surface area contributed by atoms with Gasteiger partial charge in [-0.3, -0.25) is 19.9 Å². The van der Waals surface area contributed by atoms with Crippen molar-refractivity contribution in [3.63, 3.8) is 0 Å². The summed E-state index contributed by atoms with van der Waals surface area (Å²) in [7, 11) is 1.65. The zero-order chi connectivity index (χ0) is 20.1. The van der Waals surface area contributed by atoms with Crippen LogP contribution in [0.5, 0.6) is 0 Å². The maximum absolute atomic E-state index is 12.6. The van der Waals surface area contributed by atoms with E-state index in [-0.39, 0.29) is 28.4 Å². The van der Waals surface area contributed by atoms with Crippen LogP contribution in [0, 0.1) is 0 Å². The zero-order valence-electron chi connectivity index (χ0n) is 15.0. The summed E-state index contributed by atoms with van der Waals surface area (Å²) in [5, 5.41) is 8.20. The van der Waals surface area contributed by atoms with Gasteiger partial charge in [-0.25, -0.2) is 0 Å². The Kier molecular flexibility index (Phi) is 5.75. The Morgan fingerprint density at radius 1 is 1.00 bits per heavy atom. The molecule has 3 rings (SSSR count). The van der Waals surface area contributed by atoms with Gasteiger partial charge in [0.15, 0.2) is 5.82 Å². The van der Waals surface area contributed by atoms with Crippen molar-refractivity contribution in [3.8, 4) is 11.5 Å². The third kappa shape index (κ3) is 4.57. The Labute approximate surface area is 165 Å². The van der Waals surface area contributed by atoms with Crippen LogP contribution >= 0.6 is 11.6 Å². The van der Waals surface area contributed by atoms with Crippen molar-refractivity contribution in [2.24, 2.45) is 0 Å². The quantitative estimate of drug-likeness (QED) is 0.605. The molecule has 0 spiro atoms. The summed E-state index contributed by atoms with van der Waals surface area (Å²) in [6.45, 7) is 1.38. The van der Waals surface area contributed by atoms with E-state index < -0.39 is 5.91 Å². The Morgan fingerprint density at radius 2 is 1.79 bits per heavy atom. The number of benzene rings is 1. The van der Waals surface area contributed by atoms with E-state index in [1.54, 1.807) is 37.5 Å². The van der Waals surface area contributed by atoms with Crippen LogP contribution in [0.1, 0.15) is 17.3 Å². The van der Waals surface area contributed by atoms with Gasteiger partial charge in [0.1, 0.15) is 5.69 Å². The molecule has 0 saturated heterocycles. The lowest BCUT2D eigenvalue weighted by Crippen LogP contribution is -2.16. The summed E-state index contributed by atoms with van der Waals surface area (Å²) in [6, 6.07) is 9.90. The number of rotatable bonds is 5. The monoisotopic (exact) mass is 397 g/mol. The van der Waals surface area contributed by atoms with E-state index in [4.69, 9.17) is 11.6 Å². The van der Waals surface area contributed by atoms with Crippen LogP contribution in [0.3, 0.4) is 0 Å².